The Hall–Kier alpha value is -1.78. The van der Waals surface area contributed by atoms with Gasteiger partial charge in [0.2, 0.25) is 0 Å². The van der Waals surface area contributed by atoms with Gasteiger partial charge >= 0.3 is 5.69 Å². The van der Waals surface area contributed by atoms with E-state index in [9.17, 15) is 10.1 Å². The fraction of sp³-hybridized carbons (Fsp3) is 0.571. The molecule has 1 aliphatic heterocycles. The number of anilines is 2. The summed E-state index contributed by atoms with van der Waals surface area (Å²) in [5.74, 6) is 0.704. The van der Waals surface area contributed by atoms with Crippen LogP contribution in [0.4, 0.5) is 17.1 Å². The van der Waals surface area contributed by atoms with Crippen LogP contribution in [-0.4, -0.2) is 17.5 Å². The Morgan fingerprint density at radius 2 is 2.05 bits per heavy atom. The molecule has 1 saturated carbocycles. The maximum atomic E-state index is 11.3. The van der Waals surface area contributed by atoms with Gasteiger partial charge in [0, 0.05) is 12.6 Å². The summed E-state index contributed by atoms with van der Waals surface area (Å²) in [6, 6.07) is 5.73. The average molecular weight is 261 g/mol. The van der Waals surface area contributed by atoms with Crippen LogP contribution in [0.3, 0.4) is 0 Å². The minimum atomic E-state index is -0.346. The van der Waals surface area contributed by atoms with E-state index < -0.39 is 0 Å². The average Bonchev–Trinajstić information content (AvgIpc) is 2.81. The number of para-hydroxylation sites is 1. The molecule has 1 aromatic rings. The van der Waals surface area contributed by atoms with Crippen molar-refractivity contribution in [3.05, 3.63) is 28.3 Å². The standard InChI is InChI=1S/C14H19N3O2/c15-11-5-3-7-13(14(11)17(18)19)16-9-8-10-4-1-2-6-12(10)16/h3,5,7,10,12H,1-2,4,6,8-9,15H2. The first-order chi connectivity index (χ1) is 9.18. The van der Waals surface area contributed by atoms with Gasteiger partial charge in [-0.15, -0.1) is 0 Å². The van der Waals surface area contributed by atoms with Crippen LogP contribution in [0.2, 0.25) is 0 Å². The normalized spacial score (nSPS) is 26.2. The van der Waals surface area contributed by atoms with E-state index in [1.165, 1.54) is 19.3 Å². The van der Waals surface area contributed by atoms with Gasteiger partial charge < -0.3 is 10.6 Å². The Morgan fingerprint density at radius 1 is 1.26 bits per heavy atom. The van der Waals surface area contributed by atoms with E-state index in [0.29, 0.717) is 17.6 Å². The molecular formula is C14H19N3O2. The molecule has 2 N–H and O–H groups in total. The van der Waals surface area contributed by atoms with Crippen LogP contribution in [0.5, 0.6) is 0 Å². The lowest BCUT2D eigenvalue weighted by atomic mass is 9.85. The molecule has 2 atom stereocenters. The van der Waals surface area contributed by atoms with Gasteiger partial charge in [-0.1, -0.05) is 18.9 Å². The molecular weight excluding hydrogens is 242 g/mol. The first kappa shape index (κ1) is 12.3. The maximum absolute atomic E-state index is 11.3. The number of fused-ring (bicyclic) bond motifs is 1. The maximum Gasteiger partial charge on any atom is 0.315 e. The molecule has 19 heavy (non-hydrogen) atoms. The lowest BCUT2D eigenvalue weighted by molar-refractivity contribution is -0.383. The molecule has 0 radical (unpaired) electrons. The van der Waals surface area contributed by atoms with Crippen molar-refractivity contribution in [3.8, 4) is 0 Å². The van der Waals surface area contributed by atoms with E-state index >= 15 is 0 Å². The topological polar surface area (TPSA) is 72.4 Å². The molecule has 2 unspecified atom stereocenters. The van der Waals surface area contributed by atoms with E-state index in [-0.39, 0.29) is 16.3 Å². The Bertz CT molecular complexity index is 503. The first-order valence-corrected chi connectivity index (χ1v) is 6.98. The molecule has 1 aliphatic carbocycles. The van der Waals surface area contributed by atoms with Crippen molar-refractivity contribution in [3.63, 3.8) is 0 Å². The molecule has 1 saturated heterocycles. The summed E-state index contributed by atoms with van der Waals surface area (Å²) in [4.78, 5) is 13.1. The van der Waals surface area contributed by atoms with Gasteiger partial charge in [0.05, 0.1) is 4.92 Å². The van der Waals surface area contributed by atoms with Gasteiger partial charge in [-0.25, -0.2) is 0 Å². The minimum absolute atomic E-state index is 0.0775. The summed E-state index contributed by atoms with van der Waals surface area (Å²) in [6.07, 6.45) is 6.09. The predicted molar refractivity (Wildman–Crippen MR) is 75.2 cm³/mol. The zero-order chi connectivity index (χ0) is 13.4. The third kappa shape index (κ3) is 2.03. The summed E-state index contributed by atoms with van der Waals surface area (Å²) < 4.78 is 0. The van der Waals surface area contributed by atoms with Crippen molar-refractivity contribution in [1.82, 2.24) is 0 Å². The summed E-state index contributed by atoms with van der Waals surface area (Å²) in [7, 11) is 0. The van der Waals surface area contributed by atoms with Crippen LogP contribution in [0.15, 0.2) is 18.2 Å². The van der Waals surface area contributed by atoms with E-state index in [2.05, 4.69) is 4.90 Å². The van der Waals surface area contributed by atoms with Gasteiger partial charge in [-0.05, 0) is 37.3 Å². The summed E-state index contributed by atoms with van der Waals surface area (Å²) in [6.45, 7) is 0.916. The van der Waals surface area contributed by atoms with Gasteiger partial charge in [0.1, 0.15) is 11.4 Å². The van der Waals surface area contributed by atoms with Gasteiger partial charge in [0.25, 0.3) is 0 Å². The smallest absolute Gasteiger partial charge is 0.315 e. The van der Waals surface area contributed by atoms with Crippen LogP contribution in [0.1, 0.15) is 32.1 Å². The second-order valence-electron chi connectivity index (χ2n) is 5.57. The number of nitro groups is 1. The first-order valence-electron chi connectivity index (χ1n) is 6.98. The third-order valence-corrected chi connectivity index (χ3v) is 4.55. The molecule has 0 spiro atoms. The highest BCUT2D eigenvalue weighted by Crippen LogP contribution is 2.43. The van der Waals surface area contributed by atoms with Crippen molar-refractivity contribution >= 4 is 17.1 Å². The van der Waals surface area contributed by atoms with Crippen LogP contribution in [0, 0.1) is 16.0 Å². The fourth-order valence-electron chi connectivity index (χ4n) is 3.68. The highest BCUT2D eigenvalue weighted by molar-refractivity contribution is 5.76. The summed E-state index contributed by atoms with van der Waals surface area (Å²) >= 11 is 0. The highest BCUT2D eigenvalue weighted by atomic mass is 16.6. The Balaban J connectivity index is 1.98. The second kappa shape index (κ2) is 4.72. The SMILES string of the molecule is Nc1cccc(N2CCC3CCCCC32)c1[N+](=O)[O-]. The number of hydrogen-bond donors (Lipinski definition) is 1. The number of hydrogen-bond acceptors (Lipinski definition) is 4. The van der Waals surface area contributed by atoms with Crippen molar-refractivity contribution in [2.24, 2.45) is 5.92 Å². The molecule has 2 fully saturated rings. The Labute approximate surface area is 112 Å². The van der Waals surface area contributed by atoms with Crippen molar-refractivity contribution < 1.29 is 4.92 Å². The van der Waals surface area contributed by atoms with Crippen LogP contribution in [0.25, 0.3) is 0 Å². The number of rotatable bonds is 2. The third-order valence-electron chi connectivity index (χ3n) is 4.55. The Morgan fingerprint density at radius 3 is 2.84 bits per heavy atom. The predicted octanol–water partition coefficient (Wildman–Crippen LogP) is 2.95. The largest absolute Gasteiger partial charge is 0.393 e. The van der Waals surface area contributed by atoms with Crippen molar-refractivity contribution in [1.29, 1.82) is 0 Å². The van der Waals surface area contributed by atoms with E-state index in [1.54, 1.807) is 6.07 Å². The fourth-order valence-corrected chi connectivity index (χ4v) is 3.68. The number of nitrogens with zero attached hydrogens (tertiary/aromatic N) is 2. The van der Waals surface area contributed by atoms with Gasteiger partial charge in [-0.3, -0.25) is 10.1 Å². The van der Waals surface area contributed by atoms with Crippen molar-refractivity contribution in [2.45, 2.75) is 38.1 Å². The zero-order valence-corrected chi connectivity index (χ0v) is 10.9. The van der Waals surface area contributed by atoms with Crippen LogP contribution >= 0.6 is 0 Å². The van der Waals surface area contributed by atoms with Gasteiger partial charge in [-0.2, -0.15) is 0 Å². The van der Waals surface area contributed by atoms with Crippen LogP contribution in [-0.2, 0) is 0 Å². The zero-order valence-electron chi connectivity index (χ0n) is 10.9. The molecule has 0 amide bonds. The van der Waals surface area contributed by atoms with E-state index in [0.717, 1.165) is 19.4 Å². The monoisotopic (exact) mass is 261 g/mol. The molecule has 3 rings (SSSR count). The Kier molecular flexibility index (Phi) is 3.05. The van der Waals surface area contributed by atoms with E-state index in [1.807, 2.05) is 12.1 Å². The summed E-state index contributed by atoms with van der Waals surface area (Å²) in [5, 5.41) is 11.3. The molecule has 102 valence electrons. The molecule has 0 bridgehead atoms. The number of nitro benzene ring substituents is 1. The molecule has 1 heterocycles. The molecule has 2 aliphatic rings. The van der Waals surface area contributed by atoms with Crippen LogP contribution < -0.4 is 10.6 Å². The second-order valence-corrected chi connectivity index (χ2v) is 5.57. The summed E-state index contributed by atoms with van der Waals surface area (Å²) in [5.41, 5.74) is 6.84. The van der Waals surface area contributed by atoms with Crippen molar-refractivity contribution in [2.75, 3.05) is 17.2 Å². The van der Waals surface area contributed by atoms with Gasteiger partial charge in [0.15, 0.2) is 0 Å². The lowest BCUT2D eigenvalue weighted by Crippen LogP contribution is -2.35. The number of benzene rings is 1. The lowest BCUT2D eigenvalue weighted by Gasteiger charge is -2.32. The number of nitrogens with two attached hydrogens (primary N) is 1. The highest BCUT2D eigenvalue weighted by Gasteiger charge is 2.38. The molecule has 0 aromatic heterocycles. The minimum Gasteiger partial charge on any atom is -0.393 e. The molecule has 5 heteroatoms. The van der Waals surface area contributed by atoms with E-state index in [4.69, 9.17) is 5.73 Å². The molecule has 5 nitrogen and oxygen atoms in total. The molecule has 1 aromatic carbocycles. The number of nitrogen functional groups attached to an aromatic ring is 1. The quantitative estimate of drug-likeness (QED) is 0.504.